The Kier molecular flexibility index (Phi) is 7.51. The highest BCUT2D eigenvalue weighted by Crippen LogP contribution is 2.40. The molecule has 0 saturated carbocycles. The Morgan fingerprint density at radius 3 is 2.61 bits per heavy atom. The van der Waals surface area contributed by atoms with Crippen molar-refractivity contribution in [2.45, 2.75) is 38.3 Å². The molecule has 3 N–H and O–H groups in total. The van der Waals surface area contributed by atoms with Gasteiger partial charge >= 0.3 is 0 Å². The van der Waals surface area contributed by atoms with Crippen molar-refractivity contribution >= 4 is 5.69 Å². The number of aryl methyl sites for hydroxylation is 1. The first-order valence-electron chi connectivity index (χ1n) is 11.6. The third-order valence-corrected chi connectivity index (χ3v) is 6.14. The summed E-state index contributed by atoms with van der Waals surface area (Å²) in [6.45, 7) is 5.40. The van der Waals surface area contributed by atoms with Crippen LogP contribution < -0.4 is 10.1 Å². The summed E-state index contributed by atoms with van der Waals surface area (Å²) in [7, 11) is 1.61. The summed E-state index contributed by atoms with van der Waals surface area (Å²) >= 11 is 0. The lowest BCUT2D eigenvalue weighted by Gasteiger charge is -2.40. The van der Waals surface area contributed by atoms with E-state index in [0.29, 0.717) is 30.3 Å². The first-order valence-corrected chi connectivity index (χ1v) is 11.6. The second-order valence-corrected chi connectivity index (χ2v) is 9.19. The van der Waals surface area contributed by atoms with Crippen LogP contribution in [0.1, 0.15) is 42.6 Å². The van der Waals surface area contributed by atoms with Crippen molar-refractivity contribution < 1.29 is 28.8 Å². The second-order valence-electron chi connectivity index (χ2n) is 9.19. The van der Waals surface area contributed by atoms with Crippen LogP contribution in [0.3, 0.4) is 0 Å². The molecule has 1 aliphatic rings. The number of nitrogens with one attached hydrogen (secondary N) is 1. The van der Waals surface area contributed by atoms with E-state index in [1.807, 2.05) is 19.1 Å². The number of methoxy groups -OCH3 is 1. The topological polar surface area (TPSA) is 119 Å². The Labute approximate surface area is 209 Å². The van der Waals surface area contributed by atoms with Crippen LogP contribution >= 0.6 is 0 Å². The Balaban J connectivity index is 1.65. The van der Waals surface area contributed by atoms with Gasteiger partial charge in [-0.25, -0.2) is 9.37 Å². The zero-order valence-electron chi connectivity index (χ0n) is 20.8. The summed E-state index contributed by atoms with van der Waals surface area (Å²) in [6, 6.07) is 6.95. The molecule has 0 amide bonds. The van der Waals surface area contributed by atoms with E-state index >= 15 is 0 Å². The summed E-state index contributed by atoms with van der Waals surface area (Å²) in [5.74, 6) is 0.373. The van der Waals surface area contributed by atoms with Crippen molar-refractivity contribution in [2.75, 3.05) is 38.9 Å². The lowest BCUT2D eigenvalue weighted by Crippen LogP contribution is -2.48. The summed E-state index contributed by atoms with van der Waals surface area (Å²) in [5.41, 5.74) is 2.01. The van der Waals surface area contributed by atoms with E-state index in [2.05, 4.69) is 20.3 Å². The molecule has 3 aromatic heterocycles. The molecule has 0 aliphatic carbocycles. The van der Waals surface area contributed by atoms with Gasteiger partial charge in [-0.1, -0.05) is 0 Å². The van der Waals surface area contributed by atoms with E-state index < -0.39 is 17.5 Å². The molecule has 1 fully saturated rings. The predicted molar refractivity (Wildman–Crippen MR) is 131 cm³/mol. The Morgan fingerprint density at radius 1 is 1.19 bits per heavy atom. The van der Waals surface area contributed by atoms with Crippen LogP contribution in [0, 0.1) is 6.92 Å². The first-order chi connectivity index (χ1) is 17.2. The van der Waals surface area contributed by atoms with Gasteiger partial charge in [-0.3, -0.25) is 9.97 Å². The summed E-state index contributed by atoms with van der Waals surface area (Å²) in [5, 5.41) is 23.0. The molecular formula is C26H31FN4O5. The average Bonchev–Trinajstić information content (AvgIpc) is 2.83. The molecule has 1 unspecified atom stereocenters. The second kappa shape index (κ2) is 10.4. The minimum Gasteiger partial charge on any atom is -0.475 e. The molecule has 3 aromatic rings. The van der Waals surface area contributed by atoms with Crippen molar-refractivity contribution in [3.8, 4) is 17.0 Å². The van der Waals surface area contributed by atoms with Gasteiger partial charge in [-0.15, -0.1) is 0 Å². The molecule has 192 valence electrons. The number of nitrogens with zero attached hydrogens (tertiary/aromatic N) is 3. The maximum atomic E-state index is 14.3. The van der Waals surface area contributed by atoms with Crippen molar-refractivity contribution in [1.29, 1.82) is 0 Å². The zero-order valence-corrected chi connectivity index (χ0v) is 20.8. The number of rotatable bonds is 10. The normalized spacial score (nSPS) is 15.8. The molecule has 9 nitrogen and oxygen atoms in total. The molecule has 10 heteroatoms. The highest BCUT2D eigenvalue weighted by Gasteiger charge is 2.43. The van der Waals surface area contributed by atoms with Gasteiger partial charge in [-0.2, -0.15) is 0 Å². The van der Waals surface area contributed by atoms with Crippen molar-refractivity contribution in [3.63, 3.8) is 0 Å². The Bertz CT molecular complexity index is 1210. The van der Waals surface area contributed by atoms with Gasteiger partial charge in [0.25, 0.3) is 0 Å². The van der Waals surface area contributed by atoms with Crippen LogP contribution in [0.15, 0.2) is 42.9 Å². The van der Waals surface area contributed by atoms with Crippen molar-refractivity contribution in [3.05, 3.63) is 65.4 Å². The monoisotopic (exact) mass is 498 g/mol. The molecule has 36 heavy (non-hydrogen) atoms. The molecule has 0 bridgehead atoms. The summed E-state index contributed by atoms with van der Waals surface area (Å²) in [6.07, 6.45) is 3.66. The van der Waals surface area contributed by atoms with Gasteiger partial charge in [0, 0.05) is 41.9 Å². The van der Waals surface area contributed by atoms with E-state index in [4.69, 9.17) is 14.2 Å². The van der Waals surface area contributed by atoms with Crippen molar-refractivity contribution in [1.82, 2.24) is 15.0 Å². The fraction of sp³-hybridized carbons (Fsp3) is 0.423. The third-order valence-electron chi connectivity index (χ3n) is 6.14. The van der Waals surface area contributed by atoms with Gasteiger partial charge in [0.2, 0.25) is 5.88 Å². The van der Waals surface area contributed by atoms with Gasteiger partial charge in [0.15, 0.2) is 6.23 Å². The maximum absolute atomic E-state index is 14.3. The molecule has 1 atom stereocenters. The molecule has 1 saturated heterocycles. The minimum absolute atomic E-state index is 0.105. The smallest absolute Gasteiger partial charge is 0.219 e. The highest BCUT2D eigenvalue weighted by atomic mass is 19.1. The SMILES string of the molecule is COC1(c2cc(-c3cc(NC(O)c4ccnc(C(C)(C)F)c4)cnc3C)cnc2OCCO)COC1. The number of anilines is 1. The van der Waals surface area contributed by atoms with Crippen molar-refractivity contribution in [2.24, 2.45) is 0 Å². The van der Waals surface area contributed by atoms with Crippen LogP contribution in [-0.2, 0) is 20.7 Å². The highest BCUT2D eigenvalue weighted by molar-refractivity contribution is 5.70. The standard InChI is InChI=1S/C26H31FN4O5/c1-16-20(18-9-21(26(34-4)14-35-15-26)24(30-12-18)36-8-7-32)11-19(13-29-16)31-23(33)17-5-6-28-22(10-17)25(2,3)27/h5-6,9-13,23,31-33H,7-8,14-15H2,1-4H3. The lowest BCUT2D eigenvalue weighted by atomic mass is 9.90. The largest absolute Gasteiger partial charge is 0.475 e. The number of aliphatic hydroxyl groups excluding tert-OH is 2. The van der Waals surface area contributed by atoms with Crippen LogP contribution in [0.4, 0.5) is 10.1 Å². The number of halogens is 1. The van der Waals surface area contributed by atoms with Crippen LogP contribution in [-0.4, -0.2) is 58.7 Å². The van der Waals surface area contributed by atoms with Gasteiger partial charge in [-0.05, 0) is 45.0 Å². The third kappa shape index (κ3) is 5.31. The van der Waals surface area contributed by atoms with Gasteiger partial charge in [0.05, 0.1) is 43.0 Å². The number of pyridine rings is 3. The fourth-order valence-electron chi connectivity index (χ4n) is 3.94. The number of hydrogen-bond donors (Lipinski definition) is 3. The average molecular weight is 499 g/mol. The van der Waals surface area contributed by atoms with E-state index in [1.54, 1.807) is 25.6 Å². The number of ether oxygens (including phenoxy) is 3. The van der Waals surface area contributed by atoms with E-state index in [9.17, 15) is 14.6 Å². The molecule has 0 radical (unpaired) electrons. The lowest BCUT2D eigenvalue weighted by molar-refractivity contribution is -0.203. The Morgan fingerprint density at radius 2 is 1.97 bits per heavy atom. The van der Waals surface area contributed by atoms with Crippen LogP contribution in [0.25, 0.3) is 11.1 Å². The van der Waals surface area contributed by atoms with E-state index in [0.717, 1.165) is 22.4 Å². The minimum atomic E-state index is -1.63. The number of alkyl halides is 1. The fourth-order valence-corrected chi connectivity index (χ4v) is 3.94. The quantitative estimate of drug-likeness (QED) is 0.361. The molecule has 1 aliphatic heterocycles. The van der Waals surface area contributed by atoms with Gasteiger partial charge < -0.3 is 29.7 Å². The number of aliphatic hydroxyl groups is 2. The molecular weight excluding hydrogens is 467 g/mol. The number of aromatic nitrogens is 3. The summed E-state index contributed by atoms with van der Waals surface area (Å²) in [4.78, 5) is 13.0. The molecule has 4 heterocycles. The predicted octanol–water partition coefficient (Wildman–Crippen LogP) is 3.40. The summed E-state index contributed by atoms with van der Waals surface area (Å²) < 4.78 is 31.2. The zero-order chi connectivity index (χ0) is 25.9. The Hall–Kier alpha value is -3.18. The van der Waals surface area contributed by atoms with E-state index in [-0.39, 0.29) is 18.9 Å². The molecule has 0 spiro atoms. The molecule has 0 aromatic carbocycles. The number of hydrogen-bond acceptors (Lipinski definition) is 9. The maximum Gasteiger partial charge on any atom is 0.219 e. The van der Waals surface area contributed by atoms with E-state index in [1.165, 1.54) is 26.1 Å². The van der Waals surface area contributed by atoms with Crippen LogP contribution in [0.2, 0.25) is 0 Å². The van der Waals surface area contributed by atoms with Crippen LogP contribution in [0.5, 0.6) is 5.88 Å². The molecule has 4 rings (SSSR count). The van der Waals surface area contributed by atoms with Gasteiger partial charge in [0.1, 0.15) is 17.9 Å². The first kappa shape index (κ1) is 25.9.